The predicted molar refractivity (Wildman–Crippen MR) is 62.6 cm³/mol. The molecule has 1 fully saturated rings. The van der Waals surface area contributed by atoms with E-state index in [0.717, 1.165) is 31.7 Å². The van der Waals surface area contributed by atoms with Crippen LogP contribution < -0.4 is 15.4 Å². The molecule has 1 aliphatic heterocycles. The average Bonchev–Trinajstić information content (AvgIpc) is 2.74. The van der Waals surface area contributed by atoms with Crippen LogP contribution >= 0.6 is 0 Å². The summed E-state index contributed by atoms with van der Waals surface area (Å²) in [5, 5.41) is 0. The number of nitrogens with two attached hydrogens (primary N) is 1. The van der Waals surface area contributed by atoms with Gasteiger partial charge in [0.25, 0.3) is 0 Å². The van der Waals surface area contributed by atoms with Crippen molar-refractivity contribution in [1.82, 2.24) is 9.97 Å². The maximum Gasteiger partial charge on any atom is 0.218 e. The fourth-order valence-corrected chi connectivity index (χ4v) is 1.78. The van der Waals surface area contributed by atoms with Crippen molar-refractivity contribution in [3.63, 3.8) is 0 Å². The lowest BCUT2D eigenvalue weighted by Crippen LogP contribution is -2.26. The number of anilines is 1. The molecule has 2 rings (SSSR count). The van der Waals surface area contributed by atoms with E-state index in [1.54, 1.807) is 6.33 Å². The van der Waals surface area contributed by atoms with Crippen LogP contribution in [0.25, 0.3) is 0 Å². The van der Waals surface area contributed by atoms with Gasteiger partial charge in [-0.2, -0.15) is 0 Å². The molecule has 5 nitrogen and oxygen atoms in total. The van der Waals surface area contributed by atoms with Crippen molar-refractivity contribution < 1.29 is 4.74 Å². The molecule has 1 saturated heterocycles. The molecule has 0 bridgehead atoms. The van der Waals surface area contributed by atoms with Crippen LogP contribution in [0.3, 0.4) is 0 Å². The van der Waals surface area contributed by atoms with Gasteiger partial charge in [-0.3, -0.25) is 0 Å². The summed E-state index contributed by atoms with van der Waals surface area (Å²) in [7, 11) is 0. The van der Waals surface area contributed by atoms with Gasteiger partial charge in [-0.15, -0.1) is 0 Å². The highest BCUT2D eigenvalue weighted by Crippen LogP contribution is 2.19. The van der Waals surface area contributed by atoms with E-state index >= 15 is 0 Å². The van der Waals surface area contributed by atoms with E-state index in [0.29, 0.717) is 12.5 Å². The molecule has 1 unspecified atom stereocenters. The predicted octanol–water partition coefficient (Wildman–Crippen LogP) is 0.803. The zero-order valence-corrected chi connectivity index (χ0v) is 9.59. The third-order valence-corrected chi connectivity index (χ3v) is 2.63. The normalized spacial score (nSPS) is 20.1. The highest BCUT2D eigenvalue weighted by Gasteiger charge is 2.20. The Morgan fingerprint density at radius 1 is 1.56 bits per heavy atom. The van der Waals surface area contributed by atoms with Crippen LogP contribution in [0.5, 0.6) is 5.88 Å². The minimum atomic E-state index is 0.259. The van der Waals surface area contributed by atoms with Gasteiger partial charge in [-0.1, -0.05) is 6.92 Å². The number of ether oxygens (including phenoxy) is 1. The average molecular weight is 222 g/mol. The highest BCUT2D eigenvalue weighted by molar-refractivity contribution is 5.42. The third kappa shape index (κ3) is 2.61. The van der Waals surface area contributed by atoms with Crippen molar-refractivity contribution in [2.75, 3.05) is 24.6 Å². The summed E-state index contributed by atoms with van der Waals surface area (Å²) in [4.78, 5) is 10.5. The van der Waals surface area contributed by atoms with E-state index in [-0.39, 0.29) is 6.04 Å². The molecule has 88 valence electrons. The third-order valence-electron chi connectivity index (χ3n) is 2.63. The summed E-state index contributed by atoms with van der Waals surface area (Å²) in [6.07, 6.45) is 3.55. The van der Waals surface area contributed by atoms with Crippen molar-refractivity contribution in [3.8, 4) is 5.88 Å². The first-order valence-electron chi connectivity index (χ1n) is 5.75. The Balaban J connectivity index is 2.04. The van der Waals surface area contributed by atoms with Gasteiger partial charge in [0.2, 0.25) is 5.88 Å². The molecule has 5 heteroatoms. The Hall–Kier alpha value is -1.36. The van der Waals surface area contributed by atoms with E-state index < -0.39 is 0 Å². The quantitative estimate of drug-likeness (QED) is 0.816. The Labute approximate surface area is 95.6 Å². The van der Waals surface area contributed by atoms with Crippen molar-refractivity contribution >= 4 is 5.82 Å². The molecule has 1 atom stereocenters. The molecule has 0 spiro atoms. The minimum Gasteiger partial charge on any atom is -0.478 e. The molecule has 2 N–H and O–H groups in total. The SMILES string of the molecule is CCCOc1cc(N2CCC(N)C2)ncn1. The van der Waals surface area contributed by atoms with Crippen LogP contribution in [0.1, 0.15) is 19.8 Å². The number of hydrogen-bond donors (Lipinski definition) is 1. The molecule has 1 aromatic rings. The number of nitrogens with zero attached hydrogens (tertiary/aromatic N) is 3. The molecule has 1 aliphatic rings. The Kier molecular flexibility index (Phi) is 3.56. The van der Waals surface area contributed by atoms with Crippen LogP contribution in [0.2, 0.25) is 0 Å². The fraction of sp³-hybridized carbons (Fsp3) is 0.636. The Morgan fingerprint density at radius 2 is 2.44 bits per heavy atom. The standard InChI is InChI=1S/C11H18N4O/c1-2-5-16-11-6-10(13-8-14-11)15-4-3-9(12)7-15/h6,8-9H,2-5,7,12H2,1H3. The Bertz CT molecular complexity index is 345. The van der Waals surface area contributed by atoms with Crippen molar-refractivity contribution in [1.29, 1.82) is 0 Å². The largest absolute Gasteiger partial charge is 0.478 e. The maximum atomic E-state index is 5.86. The molecule has 2 heterocycles. The molecule has 0 saturated carbocycles. The zero-order chi connectivity index (χ0) is 11.4. The van der Waals surface area contributed by atoms with Crippen molar-refractivity contribution in [2.24, 2.45) is 5.73 Å². The van der Waals surface area contributed by atoms with Gasteiger partial charge < -0.3 is 15.4 Å². The van der Waals surface area contributed by atoms with E-state index in [4.69, 9.17) is 10.5 Å². The second-order valence-electron chi connectivity index (χ2n) is 4.06. The summed E-state index contributed by atoms with van der Waals surface area (Å²) in [6.45, 7) is 4.59. The summed E-state index contributed by atoms with van der Waals surface area (Å²) in [5.74, 6) is 1.56. The second kappa shape index (κ2) is 5.12. The summed E-state index contributed by atoms with van der Waals surface area (Å²) in [6, 6.07) is 2.14. The molecule has 0 amide bonds. The van der Waals surface area contributed by atoms with Crippen LogP contribution in [-0.2, 0) is 0 Å². The molecule has 0 aromatic carbocycles. The monoisotopic (exact) mass is 222 g/mol. The minimum absolute atomic E-state index is 0.259. The first kappa shape index (κ1) is 11.1. The van der Waals surface area contributed by atoms with Gasteiger partial charge in [0.1, 0.15) is 12.1 Å². The first-order valence-corrected chi connectivity index (χ1v) is 5.75. The zero-order valence-electron chi connectivity index (χ0n) is 9.59. The van der Waals surface area contributed by atoms with E-state index in [2.05, 4.69) is 21.8 Å². The number of aromatic nitrogens is 2. The van der Waals surface area contributed by atoms with Gasteiger partial charge in [0.05, 0.1) is 6.61 Å². The lowest BCUT2D eigenvalue weighted by atomic mass is 10.3. The first-order chi connectivity index (χ1) is 7.79. The van der Waals surface area contributed by atoms with Gasteiger partial charge in [-0.25, -0.2) is 9.97 Å². The maximum absolute atomic E-state index is 5.86. The van der Waals surface area contributed by atoms with E-state index in [1.165, 1.54) is 0 Å². The molecular formula is C11H18N4O. The van der Waals surface area contributed by atoms with Crippen molar-refractivity contribution in [2.45, 2.75) is 25.8 Å². The lowest BCUT2D eigenvalue weighted by Gasteiger charge is -2.16. The number of hydrogen-bond acceptors (Lipinski definition) is 5. The summed E-state index contributed by atoms with van der Waals surface area (Å²) >= 11 is 0. The van der Waals surface area contributed by atoms with Crippen LogP contribution in [-0.4, -0.2) is 35.7 Å². The fourth-order valence-electron chi connectivity index (χ4n) is 1.78. The van der Waals surface area contributed by atoms with Gasteiger partial charge in [-0.05, 0) is 12.8 Å². The second-order valence-corrected chi connectivity index (χ2v) is 4.06. The van der Waals surface area contributed by atoms with Crippen LogP contribution in [0.15, 0.2) is 12.4 Å². The van der Waals surface area contributed by atoms with Gasteiger partial charge in [0, 0.05) is 25.2 Å². The highest BCUT2D eigenvalue weighted by atomic mass is 16.5. The molecule has 16 heavy (non-hydrogen) atoms. The Morgan fingerprint density at radius 3 is 3.12 bits per heavy atom. The lowest BCUT2D eigenvalue weighted by molar-refractivity contribution is 0.304. The topological polar surface area (TPSA) is 64.3 Å². The smallest absolute Gasteiger partial charge is 0.218 e. The van der Waals surface area contributed by atoms with Crippen LogP contribution in [0.4, 0.5) is 5.82 Å². The van der Waals surface area contributed by atoms with Gasteiger partial charge >= 0.3 is 0 Å². The summed E-state index contributed by atoms with van der Waals surface area (Å²) in [5.41, 5.74) is 5.86. The summed E-state index contributed by atoms with van der Waals surface area (Å²) < 4.78 is 5.47. The molecule has 1 aromatic heterocycles. The van der Waals surface area contributed by atoms with Gasteiger partial charge in [0.15, 0.2) is 0 Å². The molecular weight excluding hydrogens is 204 g/mol. The number of rotatable bonds is 4. The van der Waals surface area contributed by atoms with E-state index in [1.807, 2.05) is 6.07 Å². The van der Waals surface area contributed by atoms with Crippen LogP contribution in [0, 0.1) is 0 Å². The molecule has 0 aliphatic carbocycles. The van der Waals surface area contributed by atoms with Crippen molar-refractivity contribution in [3.05, 3.63) is 12.4 Å². The van der Waals surface area contributed by atoms with E-state index in [9.17, 15) is 0 Å². The molecule has 0 radical (unpaired) electrons.